The molecule has 2 N–H and O–H groups in total. The molecule has 0 aromatic carbocycles. The van der Waals surface area contributed by atoms with Gasteiger partial charge in [0.15, 0.2) is 0 Å². The van der Waals surface area contributed by atoms with Crippen molar-refractivity contribution < 1.29 is 19.5 Å². The van der Waals surface area contributed by atoms with Crippen LogP contribution in [0.25, 0.3) is 0 Å². The fourth-order valence-electron chi connectivity index (χ4n) is 4.05. The number of carbonyl (C=O) groups is 3. The highest BCUT2D eigenvalue weighted by atomic mass is 16.4. The van der Waals surface area contributed by atoms with Crippen molar-refractivity contribution in [2.75, 3.05) is 13.1 Å². The average molecular weight is 338 g/mol. The van der Waals surface area contributed by atoms with E-state index < -0.39 is 16.9 Å². The smallest absolute Gasteiger partial charge is 0.310 e. The number of amides is 2. The molecule has 2 aliphatic rings. The van der Waals surface area contributed by atoms with Gasteiger partial charge in [0.25, 0.3) is 0 Å². The van der Waals surface area contributed by atoms with Gasteiger partial charge in [-0.1, -0.05) is 25.7 Å². The third-order valence-corrected chi connectivity index (χ3v) is 5.81. The first-order valence-electron chi connectivity index (χ1n) is 9.23. The van der Waals surface area contributed by atoms with E-state index in [1.807, 2.05) is 13.8 Å². The third kappa shape index (κ3) is 3.57. The minimum absolute atomic E-state index is 0.0152. The first kappa shape index (κ1) is 18.7. The van der Waals surface area contributed by atoms with Gasteiger partial charge in [0.1, 0.15) is 5.54 Å². The molecule has 0 aromatic heterocycles. The molecule has 0 unspecified atom stereocenters. The largest absolute Gasteiger partial charge is 0.481 e. The summed E-state index contributed by atoms with van der Waals surface area (Å²) in [5, 5.41) is 12.4. The molecule has 0 saturated heterocycles. The van der Waals surface area contributed by atoms with Crippen LogP contribution in [0.3, 0.4) is 0 Å². The highest BCUT2D eigenvalue weighted by Crippen LogP contribution is 2.44. The SMILES string of the molecule is CCN(CC)C(=O)C1(NC(=O)CC2(C(=O)O)CCC2)CCCCC1. The average Bonchev–Trinajstić information content (AvgIpc) is 2.52. The van der Waals surface area contributed by atoms with Crippen molar-refractivity contribution >= 4 is 17.8 Å². The molecule has 2 saturated carbocycles. The molecule has 0 spiro atoms. The molecule has 24 heavy (non-hydrogen) atoms. The van der Waals surface area contributed by atoms with Gasteiger partial charge in [-0.2, -0.15) is 0 Å². The van der Waals surface area contributed by atoms with Crippen LogP contribution in [0, 0.1) is 5.41 Å². The van der Waals surface area contributed by atoms with Crippen molar-refractivity contribution in [1.82, 2.24) is 10.2 Å². The van der Waals surface area contributed by atoms with E-state index in [2.05, 4.69) is 5.32 Å². The normalized spacial score (nSPS) is 21.4. The van der Waals surface area contributed by atoms with Crippen LogP contribution in [0.2, 0.25) is 0 Å². The van der Waals surface area contributed by atoms with E-state index in [0.717, 1.165) is 25.7 Å². The van der Waals surface area contributed by atoms with Gasteiger partial charge in [-0.05, 0) is 39.5 Å². The first-order chi connectivity index (χ1) is 11.4. The zero-order valence-electron chi connectivity index (χ0n) is 14.9. The minimum Gasteiger partial charge on any atom is -0.481 e. The predicted molar refractivity (Wildman–Crippen MR) is 90.4 cm³/mol. The Balaban J connectivity index is 2.12. The fourth-order valence-corrected chi connectivity index (χ4v) is 4.05. The second-order valence-electron chi connectivity index (χ2n) is 7.28. The van der Waals surface area contributed by atoms with Crippen LogP contribution in [0.4, 0.5) is 0 Å². The number of carboxylic acids is 1. The lowest BCUT2D eigenvalue weighted by atomic mass is 9.66. The Hall–Kier alpha value is -1.59. The van der Waals surface area contributed by atoms with Gasteiger partial charge in [-0.3, -0.25) is 14.4 Å². The minimum atomic E-state index is -0.918. The van der Waals surface area contributed by atoms with Gasteiger partial charge in [0, 0.05) is 19.5 Å². The standard InChI is InChI=1S/C18H30N2O4/c1-3-20(4-2)15(22)18(11-6-5-7-12-18)19-14(21)13-17(16(23)24)9-8-10-17/h3-13H2,1-2H3,(H,19,21)(H,23,24). The number of carboxylic acid groups (broad SMARTS) is 1. The summed E-state index contributed by atoms with van der Waals surface area (Å²) in [5.41, 5.74) is -1.76. The second kappa shape index (κ2) is 7.53. The lowest BCUT2D eigenvalue weighted by molar-refractivity contribution is -0.158. The Morgan fingerprint density at radius 3 is 1.96 bits per heavy atom. The fraction of sp³-hybridized carbons (Fsp3) is 0.833. The molecule has 2 amide bonds. The summed E-state index contributed by atoms with van der Waals surface area (Å²) < 4.78 is 0. The Morgan fingerprint density at radius 1 is 0.958 bits per heavy atom. The van der Waals surface area contributed by atoms with E-state index in [1.165, 1.54) is 0 Å². The molecule has 136 valence electrons. The van der Waals surface area contributed by atoms with Crippen LogP contribution in [-0.4, -0.2) is 46.4 Å². The number of hydrogen-bond acceptors (Lipinski definition) is 3. The van der Waals surface area contributed by atoms with E-state index in [9.17, 15) is 19.5 Å². The predicted octanol–water partition coefficient (Wildman–Crippen LogP) is 2.32. The summed E-state index contributed by atoms with van der Waals surface area (Å²) in [6, 6.07) is 0. The van der Waals surface area contributed by atoms with Gasteiger partial charge in [0.2, 0.25) is 11.8 Å². The van der Waals surface area contributed by atoms with Crippen molar-refractivity contribution in [2.45, 2.75) is 77.2 Å². The number of rotatable bonds is 7. The summed E-state index contributed by atoms with van der Waals surface area (Å²) in [5.74, 6) is -1.20. The van der Waals surface area contributed by atoms with Gasteiger partial charge < -0.3 is 15.3 Å². The zero-order chi connectivity index (χ0) is 17.8. The molecule has 6 nitrogen and oxygen atoms in total. The second-order valence-corrected chi connectivity index (χ2v) is 7.28. The lowest BCUT2D eigenvalue weighted by Crippen LogP contribution is -2.61. The number of nitrogens with one attached hydrogen (secondary N) is 1. The Kier molecular flexibility index (Phi) is 5.88. The molecule has 0 bridgehead atoms. The highest BCUT2D eigenvalue weighted by Gasteiger charge is 2.48. The quantitative estimate of drug-likeness (QED) is 0.746. The van der Waals surface area contributed by atoms with Crippen molar-refractivity contribution in [3.05, 3.63) is 0 Å². The Bertz CT molecular complexity index is 489. The van der Waals surface area contributed by atoms with Crippen LogP contribution in [-0.2, 0) is 14.4 Å². The van der Waals surface area contributed by atoms with Crippen LogP contribution >= 0.6 is 0 Å². The molecule has 0 radical (unpaired) electrons. The highest BCUT2D eigenvalue weighted by molar-refractivity contribution is 5.93. The number of aliphatic carboxylic acids is 1. The molecule has 0 aromatic rings. The summed E-state index contributed by atoms with van der Waals surface area (Å²) in [6.45, 7) is 5.11. The molecule has 2 fully saturated rings. The maximum absolute atomic E-state index is 13.0. The summed E-state index contributed by atoms with van der Waals surface area (Å²) >= 11 is 0. The molecule has 2 rings (SSSR count). The summed E-state index contributed by atoms with van der Waals surface area (Å²) in [6.07, 6.45) is 6.12. The van der Waals surface area contributed by atoms with E-state index in [4.69, 9.17) is 0 Å². The van der Waals surface area contributed by atoms with E-state index in [0.29, 0.717) is 38.8 Å². The van der Waals surface area contributed by atoms with Crippen LogP contribution in [0.5, 0.6) is 0 Å². The van der Waals surface area contributed by atoms with Crippen molar-refractivity contribution in [1.29, 1.82) is 0 Å². The maximum Gasteiger partial charge on any atom is 0.310 e. The lowest BCUT2D eigenvalue weighted by Gasteiger charge is -2.42. The van der Waals surface area contributed by atoms with Crippen molar-refractivity contribution in [2.24, 2.45) is 5.41 Å². The van der Waals surface area contributed by atoms with Crippen LogP contribution in [0.15, 0.2) is 0 Å². The summed E-state index contributed by atoms with van der Waals surface area (Å²) in [7, 11) is 0. The van der Waals surface area contributed by atoms with Gasteiger partial charge >= 0.3 is 5.97 Å². The maximum atomic E-state index is 13.0. The molecule has 6 heteroatoms. The number of nitrogens with zero attached hydrogens (tertiary/aromatic N) is 1. The zero-order valence-corrected chi connectivity index (χ0v) is 14.9. The molecule has 0 atom stereocenters. The molecular weight excluding hydrogens is 308 g/mol. The van der Waals surface area contributed by atoms with Gasteiger partial charge in [0.05, 0.1) is 5.41 Å². The summed E-state index contributed by atoms with van der Waals surface area (Å²) in [4.78, 5) is 38.8. The molecule has 2 aliphatic carbocycles. The third-order valence-electron chi connectivity index (χ3n) is 5.81. The Morgan fingerprint density at radius 2 is 1.54 bits per heavy atom. The number of hydrogen-bond donors (Lipinski definition) is 2. The van der Waals surface area contributed by atoms with E-state index in [-0.39, 0.29) is 18.2 Å². The number of carbonyl (C=O) groups excluding carboxylic acids is 2. The van der Waals surface area contributed by atoms with Crippen LogP contribution in [0.1, 0.15) is 71.6 Å². The Labute approximate surface area is 144 Å². The van der Waals surface area contributed by atoms with Gasteiger partial charge in [-0.25, -0.2) is 0 Å². The van der Waals surface area contributed by atoms with E-state index >= 15 is 0 Å². The monoisotopic (exact) mass is 338 g/mol. The van der Waals surface area contributed by atoms with Crippen LogP contribution < -0.4 is 5.32 Å². The molecule has 0 heterocycles. The molecular formula is C18H30N2O4. The topological polar surface area (TPSA) is 86.7 Å². The first-order valence-corrected chi connectivity index (χ1v) is 9.23. The van der Waals surface area contributed by atoms with Crippen molar-refractivity contribution in [3.63, 3.8) is 0 Å². The van der Waals surface area contributed by atoms with Crippen molar-refractivity contribution in [3.8, 4) is 0 Å². The van der Waals surface area contributed by atoms with E-state index in [1.54, 1.807) is 4.90 Å². The number of likely N-dealkylation sites (N-methyl/N-ethyl adjacent to an activating group) is 1. The van der Waals surface area contributed by atoms with Gasteiger partial charge in [-0.15, -0.1) is 0 Å². The molecule has 0 aliphatic heterocycles.